The van der Waals surface area contributed by atoms with Gasteiger partial charge in [-0.05, 0) is 38.8 Å². The van der Waals surface area contributed by atoms with Gasteiger partial charge in [-0.1, -0.05) is 12.2 Å². The molecule has 1 aliphatic rings. The fraction of sp³-hybridized carbons (Fsp3) is 0.615. The summed E-state index contributed by atoms with van der Waals surface area (Å²) < 4.78 is 5.30. The van der Waals surface area contributed by atoms with E-state index in [1.165, 1.54) is 6.08 Å². The van der Waals surface area contributed by atoms with Gasteiger partial charge in [0.25, 0.3) is 0 Å². The van der Waals surface area contributed by atoms with Crippen LogP contribution in [-0.4, -0.2) is 41.2 Å². The van der Waals surface area contributed by atoms with Crippen LogP contribution in [0.1, 0.15) is 27.2 Å². The van der Waals surface area contributed by atoms with Crippen molar-refractivity contribution in [3.8, 4) is 0 Å². The van der Waals surface area contributed by atoms with Gasteiger partial charge in [0.15, 0.2) is 0 Å². The van der Waals surface area contributed by atoms with Crippen LogP contribution in [0.25, 0.3) is 0 Å². The molecule has 0 saturated carbocycles. The van der Waals surface area contributed by atoms with Crippen molar-refractivity contribution in [2.24, 2.45) is 0 Å². The standard InChI is InChI=1S/C13H20N2O4/c1-13(2,3)19-12(16)14-8-4-6-11(10-14)7-5-9-15(17)18/h5-7H,4,8-10H2,1-3H3/b7-5+. The first-order valence-corrected chi connectivity index (χ1v) is 6.23. The quantitative estimate of drug-likeness (QED) is 0.582. The van der Waals surface area contributed by atoms with E-state index < -0.39 is 10.5 Å². The SMILES string of the molecule is CC(C)(C)OC(=O)N1CCC=C(/C=C/C[N+](=O)[O-])C1. The van der Waals surface area contributed by atoms with Crippen molar-refractivity contribution in [3.63, 3.8) is 0 Å². The zero-order chi connectivity index (χ0) is 14.5. The predicted molar refractivity (Wildman–Crippen MR) is 71.5 cm³/mol. The maximum Gasteiger partial charge on any atom is 0.410 e. The third-order valence-corrected chi connectivity index (χ3v) is 2.42. The first kappa shape index (κ1) is 15.2. The number of carbonyl (C=O) groups excluding carboxylic acids is 1. The van der Waals surface area contributed by atoms with Crippen LogP contribution < -0.4 is 0 Å². The summed E-state index contributed by atoms with van der Waals surface area (Å²) in [6, 6.07) is 0. The number of rotatable bonds is 3. The van der Waals surface area contributed by atoms with E-state index in [9.17, 15) is 14.9 Å². The summed E-state index contributed by atoms with van der Waals surface area (Å²) in [5.74, 6) is 0. The second-order valence-electron chi connectivity index (χ2n) is 5.39. The largest absolute Gasteiger partial charge is 0.444 e. The van der Waals surface area contributed by atoms with E-state index in [0.717, 1.165) is 12.0 Å². The second kappa shape index (κ2) is 6.36. The van der Waals surface area contributed by atoms with Crippen molar-refractivity contribution in [1.82, 2.24) is 4.90 Å². The fourth-order valence-electron chi connectivity index (χ4n) is 1.66. The van der Waals surface area contributed by atoms with Gasteiger partial charge in [0, 0.05) is 18.0 Å². The molecule has 1 aliphatic heterocycles. The molecule has 19 heavy (non-hydrogen) atoms. The molecule has 1 amide bonds. The molecule has 0 aliphatic carbocycles. The monoisotopic (exact) mass is 268 g/mol. The molecular weight excluding hydrogens is 248 g/mol. The summed E-state index contributed by atoms with van der Waals surface area (Å²) in [5.41, 5.74) is 0.388. The lowest BCUT2D eigenvalue weighted by Crippen LogP contribution is -2.39. The minimum atomic E-state index is -0.514. The number of nitrogens with zero attached hydrogens (tertiary/aromatic N) is 2. The van der Waals surface area contributed by atoms with E-state index in [1.807, 2.05) is 26.8 Å². The van der Waals surface area contributed by atoms with Crippen LogP contribution >= 0.6 is 0 Å². The van der Waals surface area contributed by atoms with Crippen molar-refractivity contribution in [2.45, 2.75) is 32.8 Å². The molecule has 0 aromatic carbocycles. The molecule has 0 aromatic rings. The van der Waals surface area contributed by atoms with E-state index in [2.05, 4.69) is 0 Å². The Hall–Kier alpha value is -1.85. The molecule has 0 radical (unpaired) electrons. The number of amides is 1. The smallest absolute Gasteiger partial charge is 0.410 e. The van der Waals surface area contributed by atoms with Crippen molar-refractivity contribution < 1.29 is 14.5 Å². The van der Waals surface area contributed by atoms with Crippen LogP contribution in [-0.2, 0) is 4.74 Å². The summed E-state index contributed by atoms with van der Waals surface area (Å²) in [6.07, 6.45) is 5.55. The molecule has 0 spiro atoms. The van der Waals surface area contributed by atoms with Gasteiger partial charge >= 0.3 is 6.09 Å². The lowest BCUT2D eigenvalue weighted by atomic mass is 10.1. The highest BCUT2D eigenvalue weighted by Crippen LogP contribution is 2.15. The summed E-state index contributed by atoms with van der Waals surface area (Å²) >= 11 is 0. The third kappa shape index (κ3) is 6.03. The molecule has 0 unspecified atom stereocenters. The number of carbonyl (C=O) groups is 1. The summed E-state index contributed by atoms with van der Waals surface area (Å²) in [5, 5.41) is 10.2. The predicted octanol–water partition coefficient (Wildman–Crippen LogP) is 2.39. The average Bonchev–Trinajstić information content (AvgIpc) is 2.26. The Kier molecular flexibility index (Phi) is 5.09. The summed E-state index contributed by atoms with van der Waals surface area (Å²) in [6.45, 7) is 6.31. The minimum absolute atomic E-state index is 0.205. The zero-order valence-electron chi connectivity index (χ0n) is 11.6. The molecule has 6 heteroatoms. The molecular formula is C13H20N2O4. The van der Waals surface area contributed by atoms with Crippen LogP contribution in [0.4, 0.5) is 4.79 Å². The summed E-state index contributed by atoms with van der Waals surface area (Å²) in [4.78, 5) is 23.3. The molecule has 0 saturated heterocycles. The van der Waals surface area contributed by atoms with Crippen molar-refractivity contribution in [2.75, 3.05) is 19.6 Å². The van der Waals surface area contributed by atoms with E-state index in [-0.39, 0.29) is 12.6 Å². The van der Waals surface area contributed by atoms with Gasteiger partial charge in [-0.25, -0.2) is 4.79 Å². The van der Waals surface area contributed by atoms with E-state index in [0.29, 0.717) is 13.1 Å². The maximum atomic E-state index is 11.9. The van der Waals surface area contributed by atoms with Gasteiger partial charge in [-0.15, -0.1) is 0 Å². The van der Waals surface area contributed by atoms with E-state index in [4.69, 9.17) is 4.74 Å². The Morgan fingerprint density at radius 1 is 1.58 bits per heavy atom. The fourth-order valence-corrected chi connectivity index (χ4v) is 1.66. The molecule has 0 fully saturated rings. The molecule has 0 aromatic heterocycles. The Morgan fingerprint density at radius 2 is 2.26 bits per heavy atom. The van der Waals surface area contributed by atoms with Gasteiger partial charge in [-0.2, -0.15) is 0 Å². The highest BCUT2D eigenvalue weighted by Gasteiger charge is 2.23. The Balaban J connectivity index is 2.54. The van der Waals surface area contributed by atoms with Crippen molar-refractivity contribution in [3.05, 3.63) is 33.9 Å². The summed E-state index contributed by atoms with van der Waals surface area (Å²) in [7, 11) is 0. The molecule has 1 rings (SSSR count). The highest BCUT2D eigenvalue weighted by atomic mass is 16.6. The Bertz CT molecular complexity index is 407. The Morgan fingerprint density at radius 3 is 2.84 bits per heavy atom. The zero-order valence-corrected chi connectivity index (χ0v) is 11.6. The lowest BCUT2D eigenvalue weighted by molar-refractivity contribution is -0.468. The number of hydrogen-bond donors (Lipinski definition) is 0. The van der Waals surface area contributed by atoms with Crippen LogP contribution in [0, 0.1) is 10.1 Å². The molecule has 0 N–H and O–H groups in total. The lowest BCUT2D eigenvalue weighted by Gasteiger charge is -2.29. The van der Waals surface area contributed by atoms with Crippen molar-refractivity contribution in [1.29, 1.82) is 0 Å². The molecule has 106 valence electrons. The Labute approximate surface area is 112 Å². The topological polar surface area (TPSA) is 72.7 Å². The van der Waals surface area contributed by atoms with Gasteiger partial charge in [-0.3, -0.25) is 10.1 Å². The van der Waals surface area contributed by atoms with Gasteiger partial charge < -0.3 is 9.64 Å². The third-order valence-electron chi connectivity index (χ3n) is 2.42. The van der Waals surface area contributed by atoms with Crippen molar-refractivity contribution >= 4 is 6.09 Å². The van der Waals surface area contributed by atoms with E-state index in [1.54, 1.807) is 11.0 Å². The first-order valence-electron chi connectivity index (χ1n) is 6.23. The van der Waals surface area contributed by atoms with Gasteiger partial charge in [0.1, 0.15) is 5.60 Å². The normalized spacial score (nSPS) is 16.4. The number of hydrogen-bond acceptors (Lipinski definition) is 4. The second-order valence-corrected chi connectivity index (χ2v) is 5.39. The van der Waals surface area contributed by atoms with Gasteiger partial charge in [0.2, 0.25) is 6.54 Å². The minimum Gasteiger partial charge on any atom is -0.444 e. The van der Waals surface area contributed by atoms with Gasteiger partial charge in [0.05, 0.1) is 0 Å². The molecule has 1 heterocycles. The van der Waals surface area contributed by atoms with Crippen LogP contribution in [0.5, 0.6) is 0 Å². The van der Waals surface area contributed by atoms with Crippen LogP contribution in [0.2, 0.25) is 0 Å². The van der Waals surface area contributed by atoms with Crippen LogP contribution in [0.15, 0.2) is 23.8 Å². The number of ether oxygens (including phenoxy) is 1. The van der Waals surface area contributed by atoms with Crippen LogP contribution in [0.3, 0.4) is 0 Å². The highest BCUT2D eigenvalue weighted by molar-refractivity contribution is 5.69. The average molecular weight is 268 g/mol. The first-order chi connectivity index (χ1) is 8.78. The van der Waals surface area contributed by atoms with E-state index >= 15 is 0 Å². The molecule has 0 bridgehead atoms. The maximum absolute atomic E-state index is 11.9. The number of nitro groups is 1. The molecule has 0 atom stereocenters. The molecule has 6 nitrogen and oxygen atoms in total.